The molecule has 1 aliphatic heterocycles. The van der Waals surface area contributed by atoms with Gasteiger partial charge in [0.15, 0.2) is 0 Å². The predicted octanol–water partition coefficient (Wildman–Crippen LogP) is 4.35. The summed E-state index contributed by atoms with van der Waals surface area (Å²) in [4.78, 5) is 8.76. The van der Waals surface area contributed by atoms with E-state index in [1.807, 2.05) is 18.2 Å². The van der Waals surface area contributed by atoms with E-state index in [1.165, 1.54) is 0 Å². The molecular weight excluding hydrogens is 298 g/mol. The second-order valence-electron chi connectivity index (χ2n) is 5.19. The second-order valence-corrected chi connectivity index (χ2v) is 5.19. The molecule has 23 heavy (non-hydrogen) atoms. The molecule has 2 aromatic rings. The zero-order valence-electron chi connectivity index (χ0n) is 12.5. The van der Waals surface area contributed by atoms with Crippen LogP contribution in [-0.4, -0.2) is 23.9 Å². The first-order valence-electron chi connectivity index (χ1n) is 7.43. The first kappa shape index (κ1) is 15.3. The van der Waals surface area contributed by atoms with Crippen LogP contribution < -0.4 is 4.74 Å². The van der Waals surface area contributed by atoms with Gasteiger partial charge in [-0.25, -0.2) is 0 Å². The quantitative estimate of drug-likeness (QED) is 0.841. The minimum atomic E-state index is -2.80. The van der Waals surface area contributed by atoms with E-state index in [9.17, 15) is 8.78 Å². The fourth-order valence-electron chi connectivity index (χ4n) is 2.55. The molecule has 0 spiro atoms. The van der Waals surface area contributed by atoms with Crippen molar-refractivity contribution < 1.29 is 13.5 Å². The van der Waals surface area contributed by atoms with E-state index >= 15 is 0 Å². The van der Waals surface area contributed by atoms with Gasteiger partial charge in [-0.3, -0.25) is 9.98 Å². The van der Waals surface area contributed by atoms with E-state index in [1.54, 1.807) is 36.7 Å². The normalized spacial score (nSPS) is 16.5. The Morgan fingerprint density at radius 1 is 1.13 bits per heavy atom. The Kier molecular flexibility index (Phi) is 4.76. The average molecular weight is 314 g/mol. The van der Waals surface area contributed by atoms with Crippen LogP contribution in [0.4, 0.5) is 8.78 Å². The van der Waals surface area contributed by atoms with Crippen molar-refractivity contribution in [3.05, 3.63) is 65.5 Å². The third-order valence-corrected chi connectivity index (χ3v) is 3.56. The van der Waals surface area contributed by atoms with Crippen LogP contribution in [0.1, 0.15) is 24.0 Å². The number of hydrogen-bond acceptors (Lipinski definition) is 3. The lowest BCUT2D eigenvalue weighted by Crippen LogP contribution is -2.11. The zero-order chi connectivity index (χ0) is 16.1. The summed E-state index contributed by atoms with van der Waals surface area (Å²) in [6, 6.07) is 10.5. The lowest BCUT2D eigenvalue weighted by molar-refractivity contribution is -0.0498. The Morgan fingerprint density at radius 2 is 1.96 bits per heavy atom. The Bertz CT molecular complexity index is 710. The van der Waals surface area contributed by atoms with Gasteiger partial charge in [0, 0.05) is 24.5 Å². The van der Waals surface area contributed by atoms with Crippen molar-refractivity contribution in [1.82, 2.24) is 4.98 Å². The molecule has 2 heterocycles. The summed E-state index contributed by atoms with van der Waals surface area (Å²) >= 11 is 0. The van der Waals surface area contributed by atoms with Crippen LogP contribution in [0.15, 0.2) is 59.4 Å². The fraction of sp³-hybridized carbons (Fsp3) is 0.222. The lowest BCUT2D eigenvalue weighted by Gasteiger charge is -2.16. The smallest absolute Gasteiger partial charge is 0.387 e. The van der Waals surface area contributed by atoms with Gasteiger partial charge >= 0.3 is 6.61 Å². The third-order valence-electron chi connectivity index (χ3n) is 3.56. The molecule has 5 heteroatoms. The maximum absolute atomic E-state index is 12.2. The maximum Gasteiger partial charge on any atom is 0.387 e. The van der Waals surface area contributed by atoms with Crippen LogP contribution in [0.2, 0.25) is 0 Å². The molecule has 0 unspecified atom stereocenters. The van der Waals surface area contributed by atoms with Gasteiger partial charge in [0.1, 0.15) is 5.75 Å². The maximum atomic E-state index is 12.2. The van der Waals surface area contributed by atoms with Crippen molar-refractivity contribution in [3.8, 4) is 5.75 Å². The van der Waals surface area contributed by atoms with E-state index in [0.29, 0.717) is 0 Å². The SMILES string of the molecule is FC(F)Oc1ccc(/C=C2\CCCN=C2c2cccnc2)cc1. The molecule has 1 aromatic carbocycles. The van der Waals surface area contributed by atoms with E-state index in [-0.39, 0.29) is 5.75 Å². The molecule has 0 atom stereocenters. The van der Waals surface area contributed by atoms with Crippen LogP contribution >= 0.6 is 0 Å². The minimum Gasteiger partial charge on any atom is -0.435 e. The standard InChI is InChI=1S/C18H16F2N2O/c19-18(20)23-16-7-5-13(6-8-16)11-14-3-2-10-22-17(14)15-4-1-9-21-12-15/h1,4-9,11-12,18H,2-3,10H2/b14-11+. The fourth-order valence-corrected chi connectivity index (χ4v) is 2.55. The van der Waals surface area contributed by atoms with Crippen molar-refractivity contribution in [2.45, 2.75) is 19.5 Å². The van der Waals surface area contributed by atoms with Crippen molar-refractivity contribution in [1.29, 1.82) is 0 Å². The van der Waals surface area contributed by atoms with Crippen molar-refractivity contribution in [2.75, 3.05) is 6.54 Å². The molecule has 1 aliphatic rings. The summed E-state index contributed by atoms with van der Waals surface area (Å²) in [5, 5.41) is 0. The number of benzene rings is 1. The van der Waals surface area contributed by atoms with Gasteiger partial charge in [0.2, 0.25) is 0 Å². The van der Waals surface area contributed by atoms with Gasteiger partial charge < -0.3 is 4.74 Å². The van der Waals surface area contributed by atoms with Crippen LogP contribution in [0.25, 0.3) is 6.08 Å². The molecule has 0 saturated carbocycles. The lowest BCUT2D eigenvalue weighted by atomic mass is 9.95. The van der Waals surface area contributed by atoms with Gasteiger partial charge in [-0.05, 0) is 54.3 Å². The number of halogens is 2. The molecule has 0 fully saturated rings. The molecule has 0 saturated heterocycles. The van der Waals surface area contributed by atoms with Gasteiger partial charge in [-0.15, -0.1) is 0 Å². The van der Waals surface area contributed by atoms with Gasteiger partial charge in [-0.2, -0.15) is 8.78 Å². The van der Waals surface area contributed by atoms with Crippen LogP contribution in [-0.2, 0) is 0 Å². The number of aromatic nitrogens is 1. The summed E-state index contributed by atoms with van der Waals surface area (Å²) < 4.78 is 28.7. The first-order valence-corrected chi connectivity index (χ1v) is 7.43. The molecular formula is C18H16F2N2O. The second kappa shape index (κ2) is 7.13. The highest BCUT2D eigenvalue weighted by molar-refractivity contribution is 6.15. The van der Waals surface area contributed by atoms with Crippen LogP contribution in [0.5, 0.6) is 5.75 Å². The Balaban J connectivity index is 1.85. The summed E-state index contributed by atoms with van der Waals surface area (Å²) in [6.07, 6.45) is 7.51. The molecule has 0 N–H and O–H groups in total. The summed E-state index contributed by atoms with van der Waals surface area (Å²) in [5.41, 5.74) is 4.01. The number of pyridine rings is 1. The first-order chi connectivity index (χ1) is 11.2. The number of alkyl halides is 2. The number of hydrogen-bond donors (Lipinski definition) is 0. The Labute approximate surface area is 133 Å². The minimum absolute atomic E-state index is 0.159. The van der Waals surface area contributed by atoms with E-state index in [2.05, 4.69) is 14.7 Å². The molecule has 1 aromatic heterocycles. The monoisotopic (exact) mass is 314 g/mol. The topological polar surface area (TPSA) is 34.5 Å². The van der Waals surface area contributed by atoms with Crippen molar-refractivity contribution in [2.24, 2.45) is 4.99 Å². The highest BCUT2D eigenvalue weighted by Gasteiger charge is 2.14. The molecule has 0 bridgehead atoms. The van der Waals surface area contributed by atoms with Crippen molar-refractivity contribution >= 4 is 11.8 Å². The molecule has 3 rings (SSSR count). The Hall–Kier alpha value is -2.56. The molecule has 3 nitrogen and oxygen atoms in total. The number of aliphatic imine (C=N–C) groups is 1. The molecule has 0 amide bonds. The van der Waals surface area contributed by atoms with E-state index in [0.717, 1.165) is 41.8 Å². The van der Waals surface area contributed by atoms with Gasteiger partial charge in [-0.1, -0.05) is 12.1 Å². The Morgan fingerprint density at radius 3 is 2.65 bits per heavy atom. The van der Waals surface area contributed by atoms with Crippen molar-refractivity contribution in [3.63, 3.8) is 0 Å². The van der Waals surface area contributed by atoms with Crippen LogP contribution in [0, 0.1) is 0 Å². The number of ether oxygens (including phenoxy) is 1. The molecule has 118 valence electrons. The number of allylic oxidation sites excluding steroid dienone is 1. The van der Waals surface area contributed by atoms with Gasteiger partial charge in [0.05, 0.1) is 5.71 Å². The van der Waals surface area contributed by atoms with Crippen LogP contribution in [0.3, 0.4) is 0 Å². The van der Waals surface area contributed by atoms with E-state index < -0.39 is 6.61 Å². The van der Waals surface area contributed by atoms with Gasteiger partial charge in [0.25, 0.3) is 0 Å². The summed E-state index contributed by atoms with van der Waals surface area (Å²) in [6.45, 7) is -2.00. The average Bonchev–Trinajstić information content (AvgIpc) is 2.57. The molecule has 0 aliphatic carbocycles. The third kappa shape index (κ3) is 4.00. The molecule has 0 radical (unpaired) electrons. The summed E-state index contributed by atoms with van der Waals surface area (Å²) in [5.74, 6) is 0.159. The number of rotatable bonds is 4. The predicted molar refractivity (Wildman–Crippen MR) is 85.9 cm³/mol. The zero-order valence-corrected chi connectivity index (χ0v) is 12.5. The van der Waals surface area contributed by atoms with E-state index in [4.69, 9.17) is 0 Å². The highest BCUT2D eigenvalue weighted by Crippen LogP contribution is 2.23. The number of nitrogens with zero attached hydrogens (tertiary/aromatic N) is 2. The largest absolute Gasteiger partial charge is 0.435 e. The highest BCUT2D eigenvalue weighted by atomic mass is 19.3. The summed E-state index contributed by atoms with van der Waals surface area (Å²) in [7, 11) is 0.